The number of carbonyl (C=O) groups is 1. The minimum Gasteiger partial charge on any atom is -0.480 e. The Morgan fingerprint density at radius 3 is 3.00 bits per heavy atom. The van der Waals surface area contributed by atoms with Crippen molar-refractivity contribution in [2.75, 3.05) is 0 Å². The molecule has 0 spiro atoms. The number of halogens is 1. The second-order valence-electron chi connectivity index (χ2n) is 3.78. The molecule has 0 radical (unpaired) electrons. The van der Waals surface area contributed by atoms with E-state index in [9.17, 15) is 4.79 Å². The van der Waals surface area contributed by atoms with Crippen LogP contribution in [0, 0.1) is 6.92 Å². The van der Waals surface area contributed by atoms with Gasteiger partial charge in [-0.3, -0.25) is 9.48 Å². The van der Waals surface area contributed by atoms with Crippen LogP contribution in [0.2, 0.25) is 5.02 Å². The maximum atomic E-state index is 10.6. The van der Waals surface area contributed by atoms with Crippen molar-refractivity contribution in [1.29, 1.82) is 0 Å². The summed E-state index contributed by atoms with van der Waals surface area (Å²) in [6, 6.07) is 5.59. The van der Waals surface area contributed by atoms with Crippen LogP contribution in [0.25, 0.3) is 11.1 Å². The maximum Gasteiger partial charge on any atom is 0.325 e. The number of hydrogen-bond donors (Lipinski definition) is 1. The predicted molar refractivity (Wildman–Crippen MR) is 65.0 cm³/mol. The molecule has 17 heavy (non-hydrogen) atoms. The molecule has 0 aliphatic carbocycles. The van der Waals surface area contributed by atoms with Crippen LogP contribution in [0.4, 0.5) is 0 Å². The Labute approximate surface area is 103 Å². The lowest BCUT2D eigenvalue weighted by molar-refractivity contribution is -0.137. The Morgan fingerprint density at radius 2 is 2.29 bits per heavy atom. The van der Waals surface area contributed by atoms with Crippen molar-refractivity contribution >= 4 is 17.6 Å². The van der Waals surface area contributed by atoms with E-state index in [1.54, 1.807) is 12.4 Å². The Hall–Kier alpha value is -1.81. The molecule has 0 aliphatic heterocycles. The van der Waals surface area contributed by atoms with E-state index >= 15 is 0 Å². The highest BCUT2D eigenvalue weighted by Crippen LogP contribution is 2.25. The molecule has 1 aromatic carbocycles. The quantitative estimate of drug-likeness (QED) is 0.911. The zero-order valence-corrected chi connectivity index (χ0v) is 9.98. The first-order valence-corrected chi connectivity index (χ1v) is 5.45. The molecule has 4 nitrogen and oxygen atoms in total. The molecule has 0 amide bonds. The highest BCUT2D eigenvalue weighted by Gasteiger charge is 2.07. The number of carboxylic acids is 1. The van der Waals surface area contributed by atoms with E-state index in [0.29, 0.717) is 5.02 Å². The summed E-state index contributed by atoms with van der Waals surface area (Å²) in [5.74, 6) is -0.914. The van der Waals surface area contributed by atoms with Gasteiger partial charge in [0, 0.05) is 16.8 Å². The van der Waals surface area contributed by atoms with Gasteiger partial charge in [-0.2, -0.15) is 5.10 Å². The van der Waals surface area contributed by atoms with Crippen LogP contribution in [0.3, 0.4) is 0 Å². The summed E-state index contributed by atoms with van der Waals surface area (Å²) in [4.78, 5) is 10.6. The molecule has 0 fully saturated rings. The van der Waals surface area contributed by atoms with E-state index < -0.39 is 5.97 Å². The summed E-state index contributed by atoms with van der Waals surface area (Å²) in [6.07, 6.45) is 3.34. The van der Waals surface area contributed by atoms with Gasteiger partial charge in [0.1, 0.15) is 6.54 Å². The predicted octanol–water partition coefficient (Wildman–Crippen LogP) is 2.60. The van der Waals surface area contributed by atoms with Crippen molar-refractivity contribution < 1.29 is 9.90 Å². The zero-order chi connectivity index (χ0) is 12.4. The fourth-order valence-electron chi connectivity index (χ4n) is 1.63. The zero-order valence-electron chi connectivity index (χ0n) is 9.22. The normalized spacial score (nSPS) is 10.5. The number of aliphatic carboxylic acids is 1. The van der Waals surface area contributed by atoms with Gasteiger partial charge in [0.05, 0.1) is 6.20 Å². The third-order valence-electron chi connectivity index (χ3n) is 2.44. The van der Waals surface area contributed by atoms with Crippen LogP contribution in [-0.2, 0) is 11.3 Å². The number of rotatable bonds is 3. The monoisotopic (exact) mass is 250 g/mol. The molecule has 0 bridgehead atoms. The number of aromatic nitrogens is 2. The van der Waals surface area contributed by atoms with E-state index in [0.717, 1.165) is 16.7 Å². The third-order valence-corrected chi connectivity index (χ3v) is 2.68. The molecule has 5 heteroatoms. The molecule has 0 unspecified atom stereocenters. The number of nitrogens with zero attached hydrogens (tertiary/aromatic N) is 2. The lowest BCUT2D eigenvalue weighted by atomic mass is 10.0. The third kappa shape index (κ3) is 2.65. The standard InChI is InChI=1S/C12H11ClN2O2/c1-8-2-3-10(13)4-11(8)9-5-14-15(6-9)7-12(16)17/h2-6H,7H2,1H3,(H,16,17). The van der Waals surface area contributed by atoms with Gasteiger partial charge in [-0.15, -0.1) is 0 Å². The van der Waals surface area contributed by atoms with E-state index in [1.165, 1.54) is 4.68 Å². The molecule has 0 atom stereocenters. The molecule has 1 N–H and O–H groups in total. The average Bonchev–Trinajstić information content (AvgIpc) is 2.69. The second-order valence-corrected chi connectivity index (χ2v) is 4.22. The first-order valence-electron chi connectivity index (χ1n) is 5.07. The minimum atomic E-state index is -0.914. The fraction of sp³-hybridized carbons (Fsp3) is 0.167. The van der Waals surface area contributed by atoms with Gasteiger partial charge >= 0.3 is 5.97 Å². The lowest BCUT2D eigenvalue weighted by Gasteiger charge is -2.03. The molecular formula is C12H11ClN2O2. The summed E-state index contributed by atoms with van der Waals surface area (Å²) in [5.41, 5.74) is 2.91. The molecule has 0 aliphatic rings. The molecule has 0 saturated heterocycles. The van der Waals surface area contributed by atoms with Gasteiger partial charge in [-0.05, 0) is 30.2 Å². The van der Waals surface area contributed by atoms with Crippen molar-refractivity contribution in [2.24, 2.45) is 0 Å². The second kappa shape index (κ2) is 4.59. The van der Waals surface area contributed by atoms with Gasteiger partial charge in [0.25, 0.3) is 0 Å². The first-order chi connectivity index (χ1) is 8.06. The van der Waals surface area contributed by atoms with Gasteiger partial charge < -0.3 is 5.11 Å². The summed E-state index contributed by atoms with van der Waals surface area (Å²) >= 11 is 5.94. The summed E-state index contributed by atoms with van der Waals surface area (Å²) in [6.45, 7) is 1.83. The number of carboxylic acid groups (broad SMARTS) is 1. The molecule has 2 aromatic rings. The van der Waals surface area contributed by atoms with Crippen LogP contribution < -0.4 is 0 Å². The highest BCUT2D eigenvalue weighted by atomic mass is 35.5. The molecular weight excluding hydrogens is 240 g/mol. The largest absolute Gasteiger partial charge is 0.480 e. The van der Waals surface area contributed by atoms with Crippen LogP contribution in [0.1, 0.15) is 5.56 Å². The van der Waals surface area contributed by atoms with Crippen molar-refractivity contribution in [2.45, 2.75) is 13.5 Å². The smallest absolute Gasteiger partial charge is 0.325 e. The van der Waals surface area contributed by atoms with Gasteiger partial charge in [0.15, 0.2) is 0 Å². The molecule has 1 aromatic heterocycles. The SMILES string of the molecule is Cc1ccc(Cl)cc1-c1cnn(CC(=O)O)c1. The lowest BCUT2D eigenvalue weighted by Crippen LogP contribution is -2.08. The molecule has 2 rings (SSSR count). The highest BCUT2D eigenvalue weighted by molar-refractivity contribution is 6.30. The average molecular weight is 251 g/mol. The van der Waals surface area contributed by atoms with Crippen LogP contribution in [0.15, 0.2) is 30.6 Å². The topological polar surface area (TPSA) is 55.1 Å². The Morgan fingerprint density at radius 1 is 1.53 bits per heavy atom. The van der Waals surface area contributed by atoms with Crippen LogP contribution in [-0.4, -0.2) is 20.9 Å². The van der Waals surface area contributed by atoms with E-state index in [4.69, 9.17) is 16.7 Å². The number of aryl methyl sites for hydroxylation is 1. The number of benzene rings is 1. The fourth-order valence-corrected chi connectivity index (χ4v) is 1.81. The number of hydrogen-bond acceptors (Lipinski definition) is 2. The van der Waals surface area contributed by atoms with Gasteiger partial charge in [-0.1, -0.05) is 17.7 Å². The van der Waals surface area contributed by atoms with Crippen molar-refractivity contribution in [3.8, 4) is 11.1 Å². The molecule has 1 heterocycles. The van der Waals surface area contributed by atoms with Crippen molar-refractivity contribution in [3.05, 3.63) is 41.2 Å². The summed E-state index contributed by atoms with van der Waals surface area (Å²) in [5, 5.41) is 13.3. The molecule has 0 saturated carbocycles. The maximum absolute atomic E-state index is 10.6. The van der Waals surface area contributed by atoms with Crippen LogP contribution >= 0.6 is 11.6 Å². The summed E-state index contributed by atoms with van der Waals surface area (Å²) in [7, 11) is 0. The van der Waals surface area contributed by atoms with E-state index in [1.807, 2.05) is 25.1 Å². The van der Waals surface area contributed by atoms with Gasteiger partial charge in [0.2, 0.25) is 0 Å². The van der Waals surface area contributed by atoms with Crippen LogP contribution in [0.5, 0.6) is 0 Å². The van der Waals surface area contributed by atoms with E-state index in [-0.39, 0.29) is 6.54 Å². The Balaban J connectivity index is 2.36. The van der Waals surface area contributed by atoms with Gasteiger partial charge in [-0.25, -0.2) is 0 Å². The summed E-state index contributed by atoms with van der Waals surface area (Å²) < 4.78 is 1.39. The van der Waals surface area contributed by atoms with E-state index in [2.05, 4.69) is 5.10 Å². The van der Waals surface area contributed by atoms with Crippen molar-refractivity contribution in [3.63, 3.8) is 0 Å². The minimum absolute atomic E-state index is 0.139. The Kier molecular flexibility index (Phi) is 3.15. The molecule has 88 valence electrons. The first kappa shape index (κ1) is 11.7. The van der Waals surface area contributed by atoms with Crippen molar-refractivity contribution in [1.82, 2.24) is 9.78 Å². The Bertz CT molecular complexity index is 563.